The molecule has 0 amide bonds. The third-order valence-electron chi connectivity index (χ3n) is 4.97. The Balaban J connectivity index is 1.57. The van der Waals surface area contributed by atoms with Gasteiger partial charge in [-0.25, -0.2) is 0 Å². The fourth-order valence-electron chi connectivity index (χ4n) is 3.51. The molecule has 3 rings (SSSR count). The van der Waals surface area contributed by atoms with Crippen LogP contribution in [0, 0.1) is 6.92 Å². The van der Waals surface area contributed by atoms with Crippen molar-refractivity contribution in [2.75, 3.05) is 26.4 Å². The molecule has 156 valence electrons. The minimum Gasteiger partial charge on any atom is -0.490 e. The van der Waals surface area contributed by atoms with E-state index in [9.17, 15) is 9.90 Å². The molecule has 1 N–H and O–H groups in total. The van der Waals surface area contributed by atoms with E-state index in [0.29, 0.717) is 44.3 Å². The van der Waals surface area contributed by atoms with Crippen molar-refractivity contribution in [3.63, 3.8) is 0 Å². The SMILES string of the molecule is CCOc1cc(CN2CCC[C@H]2C(=O)O)ccc1OCCOc1ccc(C)cc1. The molecule has 0 aliphatic carbocycles. The summed E-state index contributed by atoms with van der Waals surface area (Å²) in [7, 11) is 0. The van der Waals surface area contributed by atoms with Crippen LogP contribution in [0.25, 0.3) is 0 Å². The number of hydrogen-bond donors (Lipinski definition) is 1. The minimum atomic E-state index is -0.749. The quantitative estimate of drug-likeness (QED) is 0.611. The zero-order chi connectivity index (χ0) is 20.6. The lowest BCUT2D eigenvalue weighted by molar-refractivity contribution is -0.142. The van der Waals surface area contributed by atoms with Crippen LogP contribution >= 0.6 is 0 Å². The first-order valence-corrected chi connectivity index (χ1v) is 10.1. The number of carboxylic acid groups (broad SMARTS) is 1. The summed E-state index contributed by atoms with van der Waals surface area (Å²) in [5.74, 6) is 1.41. The molecule has 1 atom stereocenters. The Labute approximate surface area is 172 Å². The Morgan fingerprint density at radius 1 is 1.07 bits per heavy atom. The van der Waals surface area contributed by atoms with Crippen LogP contribution in [-0.2, 0) is 11.3 Å². The Hall–Kier alpha value is -2.73. The monoisotopic (exact) mass is 399 g/mol. The van der Waals surface area contributed by atoms with E-state index in [2.05, 4.69) is 0 Å². The van der Waals surface area contributed by atoms with Gasteiger partial charge >= 0.3 is 5.97 Å². The Morgan fingerprint density at radius 2 is 1.83 bits per heavy atom. The Bertz CT molecular complexity index is 805. The van der Waals surface area contributed by atoms with Crippen LogP contribution in [-0.4, -0.2) is 48.4 Å². The molecular weight excluding hydrogens is 370 g/mol. The number of nitrogens with zero attached hydrogens (tertiary/aromatic N) is 1. The highest BCUT2D eigenvalue weighted by Gasteiger charge is 2.30. The summed E-state index contributed by atoms with van der Waals surface area (Å²) < 4.78 is 17.3. The van der Waals surface area contributed by atoms with E-state index in [-0.39, 0.29) is 0 Å². The highest BCUT2D eigenvalue weighted by molar-refractivity contribution is 5.73. The Morgan fingerprint density at radius 3 is 2.55 bits per heavy atom. The molecule has 0 aromatic heterocycles. The van der Waals surface area contributed by atoms with E-state index < -0.39 is 12.0 Å². The van der Waals surface area contributed by atoms with Gasteiger partial charge in [0.05, 0.1) is 6.61 Å². The fraction of sp³-hybridized carbons (Fsp3) is 0.435. The Kier molecular flexibility index (Phi) is 7.36. The van der Waals surface area contributed by atoms with Crippen molar-refractivity contribution in [1.82, 2.24) is 4.90 Å². The highest BCUT2D eigenvalue weighted by Crippen LogP contribution is 2.30. The normalized spacial score (nSPS) is 16.6. The first-order chi connectivity index (χ1) is 14.1. The van der Waals surface area contributed by atoms with Gasteiger partial charge < -0.3 is 19.3 Å². The third-order valence-corrected chi connectivity index (χ3v) is 4.97. The summed E-state index contributed by atoms with van der Waals surface area (Å²) in [5, 5.41) is 9.36. The van der Waals surface area contributed by atoms with Crippen molar-refractivity contribution in [2.45, 2.75) is 39.3 Å². The lowest BCUT2D eigenvalue weighted by Gasteiger charge is -2.21. The molecule has 0 radical (unpaired) electrons. The lowest BCUT2D eigenvalue weighted by atomic mass is 10.1. The molecule has 1 fully saturated rings. The van der Waals surface area contributed by atoms with Crippen LogP contribution < -0.4 is 14.2 Å². The summed E-state index contributed by atoms with van der Waals surface area (Å²) in [5.41, 5.74) is 2.21. The summed E-state index contributed by atoms with van der Waals surface area (Å²) in [6, 6.07) is 13.3. The summed E-state index contributed by atoms with van der Waals surface area (Å²) >= 11 is 0. The van der Waals surface area contributed by atoms with Gasteiger partial charge in [0.2, 0.25) is 0 Å². The zero-order valence-electron chi connectivity index (χ0n) is 17.1. The number of likely N-dealkylation sites (tertiary alicyclic amines) is 1. The van der Waals surface area contributed by atoms with Gasteiger partial charge in [-0.3, -0.25) is 9.69 Å². The highest BCUT2D eigenvalue weighted by atomic mass is 16.5. The second-order valence-corrected chi connectivity index (χ2v) is 7.19. The van der Waals surface area contributed by atoms with Gasteiger partial charge in [-0.05, 0) is 63.1 Å². The van der Waals surface area contributed by atoms with Crippen LogP contribution in [0.4, 0.5) is 0 Å². The molecule has 29 heavy (non-hydrogen) atoms. The first kappa shape index (κ1) is 21.0. The molecule has 1 aliphatic rings. The van der Waals surface area contributed by atoms with Crippen LogP contribution in [0.2, 0.25) is 0 Å². The average Bonchev–Trinajstić information content (AvgIpc) is 3.17. The summed E-state index contributed by atoms with van der Waals surface area (Å²) in [6.45, 7) is 6.73. The average molecular weight is 399 g/mol. The van der Waals surface area contributed by atoms with E-state index in [1.54, 1.807) is 0 Å². The van der Waals surface area contributed by atoms with Gasteiger partial charge in [0.25, 0.3) is 0 Å². The van der Waals surface area contributed by atoms with Crippen LogP contribution in [0.3, 0.4) is 0 Å². The largest absolute Gasteiger partial charge is 0.490 e. The van der Waals surface area contributed by atoms with E-state index in [4.69, 9.17) is 14.2 Å². The van der Waals surface area contributed by atoms with Gasteiger partial charge in [-0.15, -0.1) is 0 Å². The number of aliphatic carboxylic acids is 1. The fourth-order valence-corrected chi connectivity index (χ4v) is 3.51. The summed E-state index contributed by atoms with van der Waals surface area (Å²) in [6.07, 6.45) is 1.62. The van der Waals surface area contributed by atoms with Gasteiger partial charge in [-0.1, -0.05) is 23.8 Å². The molecule has 0 unspecified atom stereocenters. The maximum absolute atomic E-state index is 11.4. The molecule has 1 saturated heterocycles. The van der Waals surface area contributed by atoms with Crippen LogP contribution in [0.5, 0.6) is 17.2 Å². The standard InChI is InChI=1S/C23H29NO5/c1-3-27-22-15-18(16-24-12-4-5-20(24)23(25)26)8-11-21(22)29-14-13-28-19-9-6-17(2)7-10-19/h6-11,15,20H,3-5,12-14,16H2,1-2H3,(H,25,26)/t20-/m0/s1. The number of ether oxygens (including phenoxy) is 3. The predicted octanol–water partition coefficient (Wildman–Crippen LogP) is 3.90. The molecule has 6 nitrogen and oxygen atoms in total. The van der Waals surface area contributed by atoms with Crippen molar-refractivity contribution in [3.05, 3.63) is 53.6 Å². The molecule has 2 aromatic rings. The van der Waals surface area contributed by atoms with Crippen LogP contribution in [0.15, 0.2) is 42.5 Å². The van der Waals surface area contributed by atoms with Gasteiger partial charge in [0, 0.05) is 6.54 Å². The minimum absolute atomic E-state index is 0.402. The predicted molar refractivity (Wildman–Crippen MR) is 111 cm³/mol. The van der Waals surface area contributed by atoms with Crippen LogP contribution in [0.1, 0.15) is 30.9 Å². The van der Waals surface area contributed by atoms with Gasteiger partial charge in [0.15, 0.2) is 11.5 Å². The molecule has 0 spiro atoms. The van der Waals surface area contributed by atoms with Crippen molar-refractivity contribution in [1.29, 1.82) is 0 Å². The molecular formula is C23H29NO5. The molecule has 1 heterocycles. The van der Waals surface area contributed by atoms with E-state index in [1.165, 1.54) is 5.56 Å². The number of hydrogen-bond acceptors (Lipinski definition) is 5. The van der Waals surface area contributed by atoms with Gasteiger partial charge in [0.1, 0.15) is 25.0 Å². The molecule has 0 bridgehead atoms. The van der Waals surface area contributed by atoms with Crippen molar-refractivity contribution < 1.29 is 24.1 Å². The molecule has 2 aromatic carbocycles. The smallest absolute Gasteiger partial charge is 0.320 e. The topological polar surface area (TPSA) is 68.2 Å². The van der Waals surface area contributed by atoms with E-state index >= 15 is 0 Å². The summed E-state index contributed by atoms with van der Waals surface area (Å²) in [4.78, 5) is 13.4. The third kappa shape index (κ3) is 5.87. The van der Waals surface area contributed by atoms with Crippen molar-refractivity contribution in [3.8, 4) is 17.2 Å². The number of carbonyl (C=O) groups is 1. The number of carboxylic acids is 1. The molecule has 1 aliphatic heterocycles. The maximum Gasteiger partial charge on any atom is 0.320 e. The van der Waals surface area contributed by atoms with E-state index in [0.717, 1.165) is 24.3 Å². The zero-order valence-corrected chi connectivity index (χ0v) is 17.1. The number of aryl methyl sites for hydroxylation is 1. The van der Waals surface area contributed by atoms with E-state index in [1.807, 2.05) is 61.2 Å². The second-order valence-electron chi connectivity index (χ2n) is 7.19. The second kappa shape index (κ2) is 10.2. The van der Waals surface area contributed by atoms with Gasteiger partial charge in [-0.2, -0.15) is 0 Å². The lowest BCUT2D eigenvalue weighted by Crippen LogP contribution is -2.35. The first-order valence-electron chi connectivity index (χ1n) is 10.1. The maximum atomic E-state index is 11.4. The van der Waals surface area contributed by atoms with Crippen molar-refractivity contribution >= 4 is 5.97 Å². The van der Waals surface area contributed by atoms with Crippen molar-refractivity contribution in [2.24, 2.45) is 0 Å². The number of benzene rings is 2. The molecule has 0 saturated carbocycles. The number of rotatable bonds is 10. The molecule has 6 heteroatoms.